The van der Waals surface area contributed by atoms with Gasteiger partial charge in [-0.05, 0) is 81.8 Å². The molecule has 0 saturated heterocycles. The third-order valence-corrected chi connectivity index (χ3v) is 5.86. The summed E-state index contributed by atoms with van der Waals surface area (Å²) < 4.78 is 52.1. The molecule has 1 N–H and O–H groups in total. The molecule has 0 radical (unpaired) electrons. The zero-order chi connectivity index (χ0) is 26.3. The van der Waals surface area contributed by atoms with Gasteiger partial charge < -0.3 is 14.6 Å². The van der Waals surface area contributed by atoms with E-state index < -0.39 is 23.3 Å². The lowest BCUT2D eigenvalue weighted by molar-refractivity contribution is -0.152. The number of alkyl halides is 3. The summed E-state index contributed by atoms with van der Waals surface area (Å²) in [7, 11) is 0. The van der Waals surface area contributed by atoms with Gasteiger partial charge in [-0.1, -0.05) is 12.1 Å². The second-order valence-electron chi connectivity index (χ2n) is 8.99. The fourth-order valence-electron chi connectivity index (χ4n) is 3.82. The monoisotopic (exact) mass is 498 g/mol. The summed E-state index contributed by atoms with van der Waals surface area (Å²) in [6.45, 7) is 6.65. The number of carboxylic acids is 1. The highest BCUT2D eigenvalue weighted by Crippen LogP contribution is 2.33. The van der Waals surface area contributed by atoms with Crippen LogP contribution in [0.15, 0.2) is 66.9 Å². The van der Waals surface area contributed by atoms with Gasteiger partial charge in [-0.3, -0.25) is 0 Å². The van der Waals surface area contributed by atoms with Crippen LogP contribution in [0.5, 0.6) is 11.5 Å². The van der Waals surface area contributed by atoms with Crippen LogP contribution in [0.4, 0.5) is 13.2 Å². The van der Waals surface area contributed by atoms with Crippen LogP contribution in [0.1, 0.15) is 43.6 Å². The fourth-order valence-corrected chi connectivity index (χ4v) is 3.82. The summed E-state index contributed by atoms with van der Waals surface area (Å²) in [5.74, 6) is -0.0456. The van der Waals surface area contributed by atoms with E-state index in [2.05, 4.69) is 5.10 Å². The predicted octanol–water partition coefficient (Wildman–Crippen LogP) is 6.73. The first kappa shape index (κ1) is 25.1. The molecule has 188 valence electrons. The second kappa shape index (κ2) is 9.22. The van der Waals surface area contributed by atoms with Crippen molar-refractivity contribution in [1.82, 2.24) is 9.78 Å². The van der Waals surface area contributed by atoms with Crippen LogP contribution in [-0.2, 0) is 11.0 Å². The molecule has 0 amide bonds. The molecule has 4 rings (SSSR count). The van der Waals surface area contributed by atoms with E-state index in [1.54, 1.807) is 36.0 Å². The van der Waals surface area contributed by atoms with E-state index in [9.17, 15) is 23.1 Å². The van der Waals surface area contributed by atoms with Gasteiger partial charge in [0, 0.05) is 10.9 Å². The summed E-state index contributed by atoms with van der Waals surface area (Å²) in [4.78, 5) is 11.4. The predicted molar refractivity (Wildman–Crippen MR) is 129 cm³/mol. The lowest BCUT2D eigenvalue weighted by atomic mass is 10.1. The highest BCUT2D eigenvalue weighted by atomic mass is 19.4. The third kappa shape index (κ3) is 5.00. The molecule has 0 saturated carbocycles. The number of hydrogen-bond acceptors (Lipinski definition) is 4. The van der Waals surface area contributed by atoms with Crippen LogP contribution < -0.4 is 9.47 Å². The van der Waals surface area contributed by atoms with Crippen molar-refractivity contribution >= 4 is 16.9 Å². The van der Waals surface area contributed by atoms with Crippen molar-refractivity contribution in [3.63, 3.8) is 0 Å². The molecule has 1 unspecified atom stereocenters. The Balaban J connectivity index is 1.58. The highest BCUT2D eigenvalue weighted by Gasteiger charge is 2.31. The van der Waals surface area contributed by atoms with Crippen molar-refractivity contribution in [3.8, 4) is 17.2 Å². The van der Waals surface area contributed by atoms with Gasteiger partial charge in [0.1, 0.15) is 17.6 Å². The smallest absolute Gasteiger partial charge is 0.416 e. The van der Waals surface area contributed by atoms with Gasteiger partial charge >= 0.3 is 12.1 Å². The Morgan fingerprint density at radius 3 is 2.36 bits per heavy atom. The number of nitrogens with zero attached hydrogens (tertiary/aromatic N) is 2. The maximum absolute atomic E-state index is 12.9. The lowest BCUT2D eigenvalue weighted by Crippen LogP contribution is -2.38. The van der Waals surface area contributed by atoms with Crippen molar-refractivity contribution in [2.24, 2.45) is 0 Å². The van der Waals surface area contributed by atoms with E-state index in [1.165, 1.54) is 26.0 Å². The number of aryl methyl sites for hydroxylation is 1. The largest absolute Gasteiger partial charge is 0.486 e. The van der Waals surface area contributed by atoms with Gasteiger partial charge in [-0.2, -0.15) is 18.3 Å². The Bertz CT molecular complexity index is 1410. The van der Waals surface area contributed by atoms with E-state index >= 15 is 0 Å². The Labute approximate surface area is 205 Å². The molecule has 1 heterocycles. The SMILES string of the molecule is Cc1cc(OC(C)c2cccc3c2cnn3-c2ccc(C(F)(F)F)cc2)ccc1OC(C)(C)C(=O)O. The van der Waals surface area contributed by atoms with Crippen molar-refractivity contribution < 1.29 is 32.5 Å². The topological polar surface area (TPSA) is 73.6 Å². The Hall–Kier alpha value is -4.01. The van der Waals surface area contributed by atoms with Crippen LogP contribution in [0.2, 0.25) is 0 Å². The zero-order valence-corrected chi connectivity index (χ0v) is 20.1. The number of fused-ring (bicyclic) bond motifs is 1. The normalized spacial score (nSPS) is 13.0. The van der Waals surface area contributed by atoms with E-state index in [0.717, 1.165) is 34.2 Å². The standard InChI is InChI=1S/C27H25F3N2O4/c1-16-14-20(12-13-24(16)36-26(3,4)25(33)34)35-17(2)21-6-5-7-23-22(21)15-31-32(23)19-10-8-18(9-11-19)27(28,29)30/h5-15,17H,1-4H3,(H,33,34). The summed E-state index contributed by atoms with van der Waals surface area (Å²) in [5, 5.41) is 14.5. The molecular weight excluding hydrogens is 473 g/mol. The number of ether oxygens (including phenoxy) is 2. The minimum Gasteiger partial charge on any atom is -0.486 e. The minimum absolute atomic E-state index is 0.374. The molecule has 0 fully saturated rings. The third-order valence-electron chi connectivity index (χ3n) is 5.86. The fraction of sp³-hybridized carbons (Fsp3) is 0.259. The van der Waals surface area contributed by atoms with Gasteiger partial charge in [-0.15, -0.1) is 0 Å². The number of benzene rings is 3. The maximum atomic E-state index is 12.9. The van der Waals surface area contributed by atoms with Gasteiger partial charge in [0.05, 0.1) is 23.0 Å². The summed E-state index contributed by atoms with van der Waals surface area (Å²) in [6.07, 6.45) is -3.11. The molecule has 0 aliphatic rings. The summed E-state index contributed by atoms with van der Waals surface area (Å²) >= 11 is 0. The highest BCUT2D eigenvalue weighted by molar-refractivity contribution is 5.84. The van der Waals surface area contributed by atoms with Crippen LogP contribution in [0, 0.1) is 6.92 Å². The number of aliphatic carboxylic acids is 1. The minimum atomic E-state index is -4.40. The molecule has 36 heavy (non-hydrogen) atoms. The average molecular weight is 499 g/mol. The van der Waals surface area contributed by atoms with Crippen molar-refractivity contribution in [1.29, 1.82) is 0 Å². The van der Waals surface area contributed by atoms with Gasteiger partial charge in [-0.25, -0.2) is 9.48 Å². The number of aromatic nitrogens is 2. The molecular formula is C27H25F3N2O4. The first-order valence-electron chi connectivity index (χ1n) is 11.2. The van der Waals surface area contributed by atoms with Crippen molar-refractivity contribution in [2.45, 2.75) is 45.6 Å². The van der Waals surface area contributed by atoms with Gasteiger partial charge in [0.2, 0.25) is 0 Å². The summed E-state index contributed by atoms with van der Waals surface area (Å²) in [6, 6.07) is 15.6. The van der Waals surface area contributed by atoms with Crippen LogP contribution in [0.25, 0.3) is 16.6 Å². The van der Waals surface area contributed by atoms with Crippen LogP contribution >= 0.6 is 0 Å². The molecule has 9 heteroatoms. The molecule has 3 aromatic carbocycles. The number of halogens is 3. The lowest BCUT2D eigenvalue weighted by Gasteiger charge is -2.23. The first-order chi connectivity index (χ1) is 16.9. The molecule has 6 nitrogen and oxygen atoms in total. The first-order valence-corrected chi connectivity index (χ1v) is 11.2. The van der Waals surface area contributed by atoms with E-state index in [4.69, 9.17) is 9.47 Å². The molecule has 0 spiro atoms. The maximum Gasteiger partial charge on any atom is 0.416 e. The van der Waals surface area contributed by atoms with E-state index in [1.807, 2.05) is 25.1 Å². The number of hydrogen-bond donors (Lipinski definition) is 1. The molecule has 0 aliphatic heterocycles. The number of rotatable bonds is 7. The molecule has 1 atom stereocenters. The number of carboxylic acid groups (broad SMARTS) is 1. The second-order valence-corrected chi connectivity index (χ2v) is 8.99. The van der Waals surface area contributed by atoms with E-state index in [0.29, 0.717) is 17.2 Å². The van der Waals surface area contributed by atoms with Gasteiger partial charge in [0.15, 0.2) is 5.60 Å². The number of carbonyl (C=O) groups is 1. The van der Waals surface area contributed by atoms with Gasteiger partial charge in [0.25, 0.3) is 0 Å². The van der Waals surface area contributed by atoms with Crippen molar-refractivity contribution in [2.75, 3.05) is 0 Å². The average Bonchev–Trinajstić information content (AvgIpc) is 3.24. The molecule has 0 bridgehead atoms. The van der Waals surface area contributed by atoms with Crippen LogP contribution in [0.3, 0.4) is 0 Å². The zero-order valence-electron chi connectivity index (χ0n) is 20.1. The Morgan fingerprint density at radius 1 is 1.06 bits per heavy atom. The molecule has 0 aliphatic carbocycles. The van der Waals surface area contributed by atoms with Crippen molar-refractivity contribution in [3.05, 3.63) is 83.6 Å². The quantitative estimate of drug-likeness (QED) is 0.306. The molecule has 4 aromatic rings. The Kier molecular flexibility index (Phi) is 6.43. The Morgan fingerprint density at radius 2 is 1.75 bits per heavy atom. The molecule has 1 aromatic heterocycles. The van der Waals surface area contributed by atoms with E-state index in [-0.39, 0.29) is 6.10 Å². The van der Waals surface area contributed by atoms with Crippen LogP contribution in [-0.4, -0.2) is 26.5 Å². The summed E-state index contributed by atoms with van der Waals surface area (Å²) in [5.41, 5.74) is 0.739.